The highest BCUT2D eigenvalue weighted by Gasteiger charge is 2.03. The number of aromatic nitrogens is 1. The van der Waals surface area contributed by atoms with Crippen LogP contribution in [0.15, 0.2) is 12.3 Å². The van der Waals surface area contributed by atoms with E-state index in [1.165, 1.54) is 11.3 Å². The third-order valence-electron chi connectivity index (χ3n) is 2.19. The summed E-state index contributed by atoms with van der Waals surface area (Å²) in [6.07, 6.45) is 1.94. The van der Waals surface area contributed by atoms with E-state index in [1.807, 2.05) is 20.2 Å². The van der Waals surface area contributed by atoms with Gasteiger partial charge < -0.3 is 10.6 Å². The van der Waals surface area contributed by atoms with E-state index < -0.39 is 0 Å². The molecule has 0 aromatic carbocycles. The van der Waals surface area contributed by atoms with Gasteiger partial charge in [-0.3, -0.25) is 4.98 Å². The molecule has 2 N–H and O–H groups in total. The number of anilines is 1. The van der Waals surface area contributed by atoms with Crippen molar-refractivity contribution in [2.24, 2.45) is 5.92 Å². The summed E-state index contributed by atoms with van der Waals surface area (Å²) in [5.41, 5.74) is 3.48. The zero-order chi connectivity index (χ0) is 11.3. The van der Waals surface area contributed by atoms with Crippen molar-refractivity contribution >= 4 is 5.69 Å². The molecular formula is C12H21N3. The zero-order valence-corrected chi connectivity index (χ0v) is 10.1. The summed E-state index contributed by atoms with van der Waals surface area (Å²) in [4.78, 5) is 4.31. The highest BCUT2D eigenvalue weighted by atomic mass is 14.9. The normalized spacial score (nSPS) is 10.7. The van der Waals surface area contributed by atoms with Crippen LogP contribution in [0, 0.1) is 12.8 Å². The van der Waals surface area contributed by atoms with Crippen LogP contribution >= 0.6 is 0 Å². The molecule has 3 heteroatoms. The standard InChI is InChI=1S/C12H21N3/c1-9(2)6-15-12-5-10(3)14-8-11(12)7-13-4/h5,8-9,13H,6-7H2,1-4H3,(H,14,15). The maximum Gasteiger partial charge on any atom is 0.0419 e. The molecule has 0 aliphatic carbocycles. The molecule has 0 aliphatic heterocycles. The van der Waals surface area contributed by atoms with Crippen molar-refractivity contribution < 1.29 is 0 Å². The Morgan fingerprint density at radius 1 is 1.40 bits per heavy atom. The first kappa shape index (κ1) is 12.0. The van der Waals surface area contributed by atoms with Crippen molar-refractivity contribution in [1.29, 1.82) is 0 Å². The van der Waals surface area contributed by atoms with Crippen molar-refractivity contribution in [2.45, 2.75) is 27.3 Å². The monoisotopic (exact) mass is 207 g/mol. The first-order valence-corrected chi connectivity index (χ1v) is 5.47. The fourth-order valence-electron chi connectivity index (χ4n) is 1.40. The molecule has 0 aliphatic rings. The van der Waals surface area contributed by atoms with Crippen LogP contribution in [0.25, 0.3) is 0 Å². The van der Waals surface area contributed by atoms with Gasteiger partial charge in [0.15, 0.2) is 0 Å². The molecule has 0 saturated heterocycles. The molecule has 0 fully saturated rings. The lowest BCUT2D eigenvalue weighted by molar-refractivity contribution is 0.687. The number of hydrogen-bond donors (Lipinski definition) is 2. The minimum Gasteiger partial charge on any atom is -0.384 e. The minimum atomic E-state index is 0.654. The fourth-order valence-corrected chi connectivity index (χ4v) is 1.40. The van der Waals surface area contributed by atoms with Gasteiger partial charge in [-0.15, -0.1) is 0 Å². The van der Waals surface area contributed by atoms with E-state index in [9.17, 15) is 0 Å². The highest BCUT2D eigenvalue weighted by molar-refractivity contribution is 5.51. The van der Waals surface area contributed by atoms with Gasteiger partial charge in [0.25, 0.3) is 0 Å². The van der Waals surface area contributed by atoms with Gasteiger partial charge in [-0.25, -0.2) is 0 Å². The van der Waals surface area contributed by atoms with E-state index in [0.717, 1.165) is 18.8 Å². The van der Waals surface area contributed by atoms with Gasteiger partial charge in [0.2, 0.25) is 0 Å². The Morgan fingerprint density at radius 2 is 2.13 bits per heavy atom. The number of aryl methyl sites for hydroxylation is 1. The molecule has 3 nitrogen and oxygen atoms in total. The molecular weight excluding hydrogens is 186 g/mol. The van der Waals surface area contributed by atoms with Crippen molar-refractivity contribution in [1.82, 2.24) is 10.3 Å². The summed E-state index contributed by atoms with van der Waals surface area (Å²) in [6, 6.07) is 2.11. The Hall–Kier alpha value is -1.09. The van der Waals surface area contributed by atoms with Crippen LogP contribution < -0.4 is 10.6 Å². The average molecular weight is 207 g/mol. The maximum absolute atomic E-state index is 4.31. The second-order valence-electron chi connectivity index (χ2n) is 4.29. The third kappa shape index (κ3) is 3.88. The summed E-state index contributed by atoms with van der Waals surface area (Å²) < 4.78 is 0. The number of pyridine rings is 1. The van der Waals surface area contributed by atoms with Gasteiger partial charge in [-0.2, -0.15) is 0 Å². The van der Waals surface area contributed by atoms with Crippen molar-refractivity contribution in [3.8, 4) is 0 Å². The Labute approximate surface area is 92.3 Å². The summed E-state index contributed by atoms with van der Waals surface area (Å²) in [5.74, 6) is 0.654. The molecule has 0 bridgehead atoms. The van der Waals surface area contributed by atoms with Crippen LogP contribution in [0.4, 0.5) is 5.69 Å². The number of rotatable bonds is 5. The van der Waals surface area contributed by atoms with E-state index in [-0.39, 0.29) is 0 Å². The van der Waals surface area contributed by atoms with Gasteiger partial charge >= 0.3 is 0 Å². The van der Waals surface area contributed by atoms with Crippen LogP contribution in [0.2, 0.25) is 0 Å². The molecule has 1 rings (SSSR count). The first-order valence-electron chi connectivity index (χ1n) is 5.47. The van der Waals surface area contributed by atoms with Gasteiger partial charge in [0.05, 0.1) is 0 Å². The van der Waals surface area contributed by atoms with Gasteiger partial charge in [0.1, 0.15) is 0 Å². The van der Waals surface area contributed by atoms with Crippen molar-refractivity contribution in [3.05, 3.63) is 23.5 Å². The predicted octanol–water partition coefficient (Wildman–Crippen LogP) is 2.18. The van der Waals surface area contributed by atoms with Crippen molar-refractivity contribution in [2.75, 3.05) is 18.9 Å². The van der Waals surface area contributed by atoms with E-state index in [1.54, 1.807) is 0 Å². The van der Waals surface area contributed by atoms with Crippen LogP contribution in [-0.4, -0.2) is 18.6 Å². The molecule has 1 aromatic heterocycles. The maximum atomic E-state index is 4.31. The second-order valence-corrected chi connectivity index (χ2v) is 4.29. The topological polar surface area (TPSA) is 37.0 Å². The highest BCUT2D eigenvalue weighted by Crippen LogP contribution is 2.15. The molecule has 1 aromatic rings. The molecule has 0 radical (unpaired) electrons. The average Bonchev–Trinajstić information content (AvgIpc) is 2.18. The Kier molecular flexibility index (Phi) is 4.56. The van der Waals surface area contributed by atoms with Gasteiger partial charge in [-0.05, 0) is 26.0 Å². The molecule has 0 unspecified atom stereocenters. The smallest absolute Gasteiger partial charge is 0.0419 e. The van der Waals surface area contributed by atoms with Gasteiger partial charge in [0, 0.05) is 36.2 Å². The number of hydrogen-bond acceptors (Lipinski definition) is 3. The third-order valence-corrected chi connectivity index (χ3v) is 2.19. The van der Waals surface area contributed by atoms with Crippen LogP contribution in [0.1, 0.15) is 25.1 Å². The van der Waals surface area contributed by atoms with Gasteiger partial charge in [-0.1, -0.05) is 13.8 Å². The molecule has 0 spiro atoms. The largest absolute Gasteiger partial charge is 0.384 e. The van der Waals surface area contributed by atoms with Crippen LogP contribution in [0.5, 0.6) is 0 Å². The minimum absolute atomic E-state index is 0.654. The quantitative estimate of drug-likeness (QED) is 0.777. The lowest BCUT2D eigenvalue weighted by atomic mass is 10.1. The molecule has 0 saturated carbocycles. The summed E-state index contributed by atoms with van der Waals surface area (Å²) in [5, 5.41) is 6.61. The number of nitrogens with one attached hydrogen (secondary N) is 2. The Bertz CT molecular complexity index is 308. The Morgan fingerprint density at radius 3 is 2.73 bits per heavy atom. The summed E-state index contributed by atoms with van der Waals surface area (Å²) in [6.45, 7) is 8.29. The zero-order valence-electron chi connectivity index (χ0n) is 10.1. The van der Waals surface area contributed by atoms with Crippen LogP contribution in [0.3, 0.4) is 0 Å². The molecule has 0 amide bonds. The first-order chi connectivity index (χ1) is 7.13. The molecule has 1 heterocycles. The number of nitrogens with zero attached hydrogens (tertiary/aromatic N) is 1. The van der Waals surface area contributed by atoms with E-state index in [4.69, 9.17) is 0 Å². The lowest BCUT2D eigenvalue weighted by Gasteiger charge is -2.13. The molecule has 15 heavy (non-hydrogen) atoms. The summed E-state index contributed by atoms with van der Waals surface area (Å²) >= 11 is 0. The van der Waals surface area contributed by atoms with E-state index in [2.05, 4.69) is 35.5 Å². The van der Waals surface area contributed by atoms with Crippen LogP contribution in [-0.2, 0) is 6.54 Å². The van der Waals surface area contributed by atoms with E-state index in [0.29, 0.717) is 5.92 Å². The lowest BCUT2D eigenvalue weighted by Crippen LogP contribution is -2.13. The predicted molar refractivity (Wildman–Crippen MR) is 65.1 cm³/mol. The van der Waals surface area contributed by atoms with E-state index >= 15 is 0 Å². The Balaban J connectivity index is 2.77. The molecule has 0 atom stereocenters. The summed E-state index contributed by atoms with van der Waals surface area (Å²) in [7, 11) is 1.95. The molecule has 84 valence electrons. The SMILES string of the molecule is CNCc1cnc(C)cc1NCC(C)C. The van der Waals surface area contributed by atoms with Crippen molar-refractivity contribution in [3.63, 3.8) is 0 Å². The second kappa shape index (κ2) is 5.71. The fraction of sp³-hybridized carbons (Fsp3) is 0.583.